The zero-order valence-electron chi connectivity index (χ0n) is 14.3. The fourth-order valence-corrected chi connectivity index (χ4v) is 2.74. The summed E-state index contributed by atoms with van der Waals surface area (Å²) < 4.78 is 4.90. The summed E-state index contributed by atoms with van der Waals surface area (Å²) in [6.07, 6.45) is 8.02. The van der Waals surface area contributed by atoms with Crippen LogP contribution in [0.15, 0.2) is 35.9 Å². The fraction of sp³-hybridized carbons (Fsp3) is 0.474. The summed E-state index contributed by atoms with van der Waals surface area (Å²) in [4.78, 5) is 24.2. The molecule has 0 spiro atoms. The van der Waals surface area contributed by atoms with Gasteiger partial charge in [-0.2, -0.15) is 0 Å². The first-order valence-electron chi connectivity index (χ1n) is 8.54. The maximum Gasteiger partial charge on any atom is 0.251 e. The van der Waals surface area contributed by atoms with Gasteiger partial charge in [-0.1, -0.05) is 17.7 Å². The van der Waals surface area contributed by atoms with E-state index in [-0.39, 0.29) is 11.8 Å². The molecule has 1 aromatic rings. The van der Waals surface area contributed by atoms with Crippen LogP contribution in [-0.4, -0.2) is 38.6 Å². The third-order valence-corrected chi connectivity index (χ3v) is 4.10. The largest absolute Gasteiger partial charge is 0.383 e. The molecule has 0 aromatic heterocycles. The standard InChI is InChI=1S/C19H26N2O3/c1-24-13-12-21-19(23)17-9-5-8-16(14-17)18(22)20-11-10-15-6-3-2-4-7-15/h5-6,8-9,14H,2-4,7,10-13H2,1H3,(H,20,22)(H,21,23). The topological polar surface area (TPSA) is 67.4 Å². The minimum absolute atomic E-state index is 0.141. The number of carbonyl (C=O) groups excluding carboxylic acids is 2. The van der Waals surface area contributed by atoms with E-state index in [0.29, 0.717) is 30.8 Å². The highest BCUT2D eigenvalue weighted by Crippen LogP contribution is 2.19. The van der Waals surface area contributed by atoms with E-state index >= 15 is 0 Å². The number of carbonyl (C=O) groups is 2. The normalized spacial score (nSPS) is 14.0. The molecule has 0 aliphatic heterocycles. The van der Waals surface area contributed by atoms with Gasteiger partial charge in [-0.3, -0.25) is 9.59 Å². The van der Waals surface area contributed by atoms with Gasteiger partial charge in [0.1, 0.15) is 0 Å². The first kappa shape index (κ1) is 18.2. The van der Waals surface area contributed by atoms with Crippen molar-refractivity contribution >= 4 is 11.8 Å². The van der Waals surface area contributed by atoms with E-state index in [1.807, 2.05) is 0 Å². The van der Waals surface area contributed by atoms with Crippen LogP contribution in [0.3, 0.4) is 0 Å². The molecule has 0 heterocycles. The Balaban J connectivity index is 1.84. The number of ether oxygens (including phenoxy) is 1. The number of hydrogen-bond donors (Lipinski definition) is 2. The number of amides is 2. The Labute approximate surface area is 143 Å². The maximum atomic E-state index is 12.2. The molecule has 130 valence electrons. The monoisotopic (exact) mass is 330 g/mol. The predicted octanol–water partition coefficient (Wildman–Crippen LogP) is 2.68. The van der Waals surface area contributed by atoms with Crippen LogP contribution >= 0.6 is 0 Å². The van der Waals surface area contributed by atoms with Crippen molar-refractivity contribution in [2.24, 2.45) is 0 Å². The molecule has 0 saturated heterocycles. The lowest BCUT2D eigenvalue weighted by molar-refractivity contribution is 0.0937. The Morgan fingerprint density at radius 3 is 2.42 bits per heavy atom. The Morgan fingerprint density at radius 1 is 1.08 bits per heavy atom. The molecule has 5 nitrogen and oxygen atoms in total. The zero-order chi connectivity index (χ0) is 17.2. The molecule has 0 saturated carbocycles. The Kier molecular flexibility index (Phi) is 7.49. The summed E-state index contributed by atoms with van der Waals surface area (Å²) in [7, 11) is 1.58. The quantitative estimate of drug-likeness (QED) is 0.569. The van der Waals surface area contributed by atoms with Crippen LogP contribution < -0.4 is 10.6 Å². The van der Waals surface area contributed by atoms with Gasteiger partial charge in [0.05, 0.1) is 6.61 Å². The molecule has 1 aliphatic carbocycles. The minimum Gasteiger partial charge on any atom is -0.383 e. The first-order valence-corrected chi connectivity index (χ1v) is 8.54. The molecule has 1 aromatic carbocycles. The number of rotatable bonds is 8. The van der Waals surface area contributed by atoms with Gasteiger partial charge in [-0.15, -0.1) is 0 Å². The summed E-state index contributed by atoms with van der Waals surface area (Å²) in [5.41, 5.74) is 2.42. The van der Waals surface area contributed by atoms with Gasteiger partial charge in [0, 0.05) is 31.3 Å². The number of nitrogens with one attached hydrogen (secondary N) is 2. The van der Waals surface area contributed by atoms with Crippen molar-refractivity contribution in [3.05, 3.63) is 47.0 Å². The second kappa shape index (κ2) is 9.88. The molecule has 2 rings (SSSR count). The predicted molar refractivity (Wildman–Crippen MR) is 94.2 cm³/mol. The first-order chi connectivity index (χ1) is 11.7. The summed E-state index contributed by atoms with van der Waals surface area (Å²) in [5.74, 6) is -0.341. The summed E-state index contributed by atoms with van der Waals surface area (Å²) in [6, 6.07) is 6.77. The van der Waals surface area contributed by atoms with Crippen LogP contribution in [0.2, 0.25) is 0 Å². The smallest absolute Gasteiger partial charge is 0.251 e. The Hall–Kier alpha value is -2.14. The molecule has 1 aliphatic rings. The third-order valence-electron chi connectivity index (χ3n) is 4.10. The van der Waals surface area contributed by atoms with E-state index in [0.717, 1.165) is 19.3 Å². The molecular formula is C19H26N2O3. The van der Waals surface area contributed by atoms with Crippen molar-refractivity contribution in [2.45, 2.75) is 32.1 Å². The van der Waals surface area contributed by atoms with Crippen LogP contribution in [0.1, 0.15) is 52.8 Å². The van der Waals surface area contributed by atoms with Gasteiger partial charge in [0.2, 0.25) is 0 Å². The number of hydrogen-bond acceptors (Lipinski definition) is 3. The van der Waals surface area contributed by atoms with E-state index in [1.54, 1.807) is 31.4 Å². The number of benzene rings is 1. The highest BCUT2D eigenvalue weighted by atomic mass is 16.5. The zero-order valence-corrected chi connectivity index (χ0v) is 14.3. The van der Waals surface area contributed by atoms with Gasteiger partial charge in [0.15, 0.2) is 0 Å². The van der Waals surface area contributed by atoms with Crippen molar-refractivity contribution in [3.8, 4) is 0 Å². The second-order valence-corrected chi connectivity index (χ2v) is 5.94. The van der Waals surface area contributed by atoms with Crippen LogP contribution in [0, 0.1) is 0 Å². The molecule has 0 bridgehead atoms. The Morgan fingerprint density at radius 2 is 1.79 bits per heavy atom. The SMILES string of the molecule is COCCNC(=O)c1cccc(C(=O)NCCC2=CCCCC2)c1. The van der Waals surface area contributed by atoms with Crippen molar-refractivity contribution in [2.75, 3.05) is 26.8 Å². The summed E-state index contributed by atoms with van der Waals surface area (Å²) in [6.45, 7) is 1.54. The van der Waals surface area contributed by atoms with Crippen LogP contribution in [0.5, 0.6) is 0 Å². The number of methoxy groups -OCH3 is 1. The third kappa shape index (κ3) is 5.81. The van der Waals surface area contributed by atoms with Gasteiger partial charge >= 0.3 is 0 Å². The molecule has 2 amide bonds. The molecule has 5 heteroatoms. The lowest BCUT2D eigenvalue weighted by Crippen LogP contribution is -2.28. The number of allylic oxidation sites excluding steroid dienone is 1. The van der Waals surface area contributed by atoms with Gasteiger partial charge in [-0.25, -0.2) is 0 Å². The molecule has 0 fully saturated rings. The van der Waals surface area contributed by atoms with E-state index in [2.05, 4.69) is 16.7 Å². The lowest BCUT2D eigenvalue weighted by atomic mass is 9.97. The summed E-state index contributed by atoms with van der Waals surface area (Å²) in [5, 5.41) is 5.68. The molecule has 24 heavy (non-hydrogen) atoms. The Bertz CT molecular complexity index is 596. The van der Waals surface area contributed by atoms with E-state index < -0.39 is 0 Å². The van der Waals surface area contributed by atoms with Crippen LogP contribution in [0.25, 0.3) is 0 Å². The van der Waals surface area contributed by atoms with Crippen LogP contribution in [0.4, 0.5) is 0 Å². The second-order valence-electron chi connectivity index (χ2n) is 5.94. The van der Waals surface area contributed by atoms with E-state index in [1.165, 1.54) is 18.4 Å². The fourth-order valence-electron chi connectivity index (χ4n) is 2.74. The van der Waals surface area contributed by atoms with E-state index in [4.69, 9.17) is 4.74 Å². The van der Waals surface area contributed by atoms with Crippen LogP contribution in [-0.2, 0) is 4.74 Å². The summed E-state index contributed by atoms with van der Waals surface area (Å²) >= 11 is 0. The van der Waals surface area contributed by atoms with Crippen molar-refractivity contribution < 1.29 is 14.3 Å². The molecule has 0 unspecified atom stereocenters. The maximum absolute atomic E-state index is 12.2. The highest BCUT2D eigenvalue weighted by Gasteiger charge is 2.10. The van der Waals surface area contributed by atoms with Crippen molar-refractivity contribution in [1.82, 2.24) is 10.6 Å². The average molecular weight is 330 g/mol. The van der Waals surface area contributed by atoms with Gasteiger partial charge in [-0.05, 0) is 50.3 Å². The van der Waals surface area contributed by atoms with E-state index in [9.17, 15) is 9.59 Å². The minimum atomic E-state index is -0.200. The van der Waals surface area contributed by atoms with Crippen molar-refractivity contribution in [1.29, 1.82) is 0 Å². The average Bonchev–Trinajstić information content (AvgIpc) is 2.63. The highest BCUT2D eigenvalue weighted by molar-refractivity contribution is 5.99. The van der Waals surface area contributed by atoms with Gasteiger partial charge < -0.3 is 15.4 Å². The molecule has 0 atom stereocenters. The molecule has 2 N–H and O–H groups in total. The van der Waals surface area contributed by atoms with Crippen molar-refractivity contribution in [3.63, 3.8) is 0 Å². The van der Waals surface area contributed by atoms with Gasteiger partial charge in [0.25, 0.3) is 11.8 Å². The lowest BCUT2D eigenvalue weighted by Gasteiger charge is -2.13. The molecule has 0 radical (unpaired) electrons. The molecular weight excluding hydrogens is 304 g/mol.